The molecule has 2 unspecified atom stereocenters. The zero-order chi connectivity index (χ0) is 13.7. The maximum atomic E-state index is 6.20. The molecule has 0 N–H and O–H groups in total. The Morgan fingerprint density at radius 1 is 1.42 bits per heavy atom. The smallest absolute Gasteiger partial charge is 0.0544 e. The second-order valence-electron chi connectivity index (χ2n) is 5.46. The summed E-state index contributed by atoms with van der Waals surface area (Å²) in [6, 6.07) is 4.79. The van der Waals surface area contributed by atoms with Crippen molar-refractivity contribution < 1.29 is 0 Å². The lowest BCUT2D eigenvalue weighted by Gasteiger charge is -2.30. The molecule has 1 aromatic rings. The summed E-state index contributed by atoms with van der Waals surface area (Å²) in [5, 5.41) is 0.253. The molecule has 19 heavy (non-hydrogen) atoms. The van der Waals surface area contributed by atoms with Crippen molar-refractivity contribution in [2.24, 2.45) is 0 Å². The molecule has 1 aromatic heterocycles. The highest BCUT2D eigenvalue weighted by Gasteiger charge is 2.22. The van der Waals surface area contributed by atoms with Crippen LogP contribution in [0.5, 0.6) is 0 Å². The monoisotopic (exact) mass is 344 g/mol. The number of hydrogen-bond donors (Lipinski definition) is 0. The minimum atomic E-state index is 0.253. The number of alkyl halides is 1. The van der Waals surface area contributed by atoms with Crippen LogP contribution in [0.15, 0.2) is 22.8 Å². The minimum absolute atomic E-state index is 0.253. The third kappa shape index (κ3) is 5.05. The Kier molecular flexibility index (Phi) is 6.11. The average Bonchev–Trinajstić information content (AvgIpc) is 2.58. The number of halogens is 2. The van der Waals surface area contributed by atoms with Crippen molar-refractivity contribution in [3.05, 3.63) is 28.5 Å². The van der Waals surface area contributed by atoms with Gasteiger partial charge in [-0.1, -0.05) is 12.8 Å². The first kappa shape index (κ1) is 15.3. The normalized spacial score (nSPS) is 23.0. The first-order valence-electron chi connectivity index (χ1n) is 7.13. The van der Waals surface area contributed by atoms with E-state index in [0.717, 1.165) is 23.1 Å². The third-order valence-electron chi connectivity index (χ3n) is 3.75. The van der Waals surface area contributed by atoms with Crippen LogP contribution in [0, 0.1) is 0 Å². The van der Waals surface area contributed by atoms with Gasteiger partial charge in [-0.15, -0.1) is 11.6 Å². The molecule has 0 radical (unpaired) electrons. The highest BCUT2D eigenvalue weighted by atomic mass is 79.9. The molecule has 1 aliphatic heterocycles. The van der Waals surface area contributed by atoms with Crippen LogP contribution >= 0.6 is 27.5 Å². The zero-order valence-electron chi connectivity index (χ0n) is 11.5. The summed E-state index contributed by atoms with van der Waals surface area (Å²) in [7, 11) is 0. The Hall–Kier alpha value is -0.120. The van der Waals surface area contributed by atoms with Gasteiger partial charge in [0.15, 0.2) is 0 Å². The molecular weight excluding hydrogens is 324 g/mol. The van der Waals surface area contributed by atoms with Gasteiger partial charge in [-0.3, -0.25) is 9.88 Å². The van der Waals surface area contributed by atoms with E-state index in [0.29, 0.717) is 6.04 Å². The van der Waals surface area contributed by atoms with E-state index in [4.69, 9.17) is 11.6 Å². The van der Waals surface area contributed by atoms with E-state index in [2.05, 4.69) is 44.9 Å². The second kappa shape index (κ2) is 7.61. The summed E-state index contributed by atoms with van der Waals surface area (Å²) < 4.78 is 1.04. The van der Waals surface area contributed by atoms with Gasteiger partial charge in [-0.05, 0) is 60.8 Å². The van der Waals surface area contributed by atoms with Crippen LogP contribution in [0.25, 0.3) is 0 Å². The molecule has 0 aliphatic carbocycles. The number of hydrogen-bond acceptors (Lipinski definition) is 2. The summed E-state index contributed by atoms with van der Waals surface area (Å²) >= 11 is 9.64. The van der Waals surface area contributed by atoms with E-state index in [1.54, 1.807) is 0 Å². The molecule has 2 rings (SSSR count). The number of rotatable bonds is 4. The molecule has 0 saturated carbocycles. The highest BCUT2D eigenvalue weighted by Crippen LogP contribution is 2.23. The molecule has 0 spiro atoms. The number of likely N-dealkylation sites (tertiary alicyclic amines) is 1. The molecular formula is C15H22BrClN2. The van der Waals surface area contributed by atoms with Crippen LogP contribution in [0.4, 0.5) is 0 Å². The number of aromatic nitrogens is 1. The predicted molar refractivity (Wildman–Crippen MR) is 84.5 cm³/mol. The van der Waals surface area contributed by atoms with Gasteiger partial charge in [0, 0.05) is 28.6 Å². The zero-order valence-corrected chi connectivity index (χ0v) is 13.8. The van der Waals surface area contributed by atoms with Crippen LogP contribution < -0.4 is 0 Å². The van der Waals surface area contributed by atoms with Crippen molar-refractivity contribution in [1.29, 1.82) is 0 Å². The summed E-state index contributed by atoms with van der Waals surface area (Å²) in [5.74, 6) is 0. The van der Waals surface area contributed by atoms with Crippen molar-refractivity contribution in [3.63, 3.8) is 0 Å². The SMILES string of the molecule is CC(Cl)CC1CCCCCN1Cc1ccc(Br)cn1. The van der Waals surface area contributed by atoms with Crippen molar-refractivity contribution in [1.82, 2.24) is 9.88 Å². The van der Waals surface area contributed by atoms with Gasteiger partial charge >= 0.3 is 0 Å². The van der Waals surface area contributed by atoms with E-state index in [1.165, 1.54) is 32.2 Å². The molecule has 2 atom stereocenters. The standard InChI is InChI=1S/C15H22BrClN2/c1-12(17)9-15-5-3-2-4-8-19(15)11-14-7-6-13(16)10-18-14/h6-7,10,12,15H,2-5,8-9,11H2,1H3. The molecule has 1 aliphatic rings. The maximum absolute atomic E-state index is 6.20. The lowest BCUT2D eigenvalue weighted by molar-refractivity contribution is 0.179. The molecule has 0 aromatic carbocycles. The van der Waals surface area contributed by atoms with Gasteiger partial charge in [0.1, 0.15) is 0 Å². The largest absolute Gasteiger partial charge is 0.295 e. The summed E-state index contributed by atoms with van der Waals surface area (Å²) in [4.78, 5) is 7.07. The summed E-state index contributed by atoms with van der Waals surface area (Å²) in [6.45, 7) is 4.22. The summed E-state index contributed by atoms with van der Waals surface area (Å²) in [5.41, 5.74) is 1.15. The second-order valence-corrected chi connectivity index (χ2v) is 7.12. The molecule has 1 saturated heterocycles. The molecule has 1 fully saturated rings. The van der Waals surface area contributed by atoms with Gasteiger partial charge in [-0.2, -0.15) is 0 Å². The topological polar surface area (TPSA) is 16.1 Å². The van der Waals surface area contributed by atoms with Gasteiger partial charge in [0.25, 0.3) is 0 Å². The lowest BCUT2D eigenvalue weighted by atomic mass is 10.0. The van der Waals surface area contributed by atoms with Crippen LogP contribution in [0.3, 0.4) is 0 Å². The molecule has 4 heteroatoms. The summed E-state index contributed by atoms with van der Waals surface area (Å²) in [6.07, 6.45) is 8.21. The Morgan fingerprint density at radius 2 is 2.26 bits per heavy atom. The van der Waals surface area contributed by atoms with Gasteiger partial charge in [0.05, 0.1) is 5.69 Å². The molecule has 2 nitrogen and oxygen atoms in total. The third-order valence-corrected chi connectivity index (χ3v) is 4.40. The van der Waals surface area contributed by atoms with Crippen LogP contribution in [0.2, 0.25) is 0 Å². The Bertz CT molecular complexity index is 380. The van der Waals surface area contributed by atoms with Crippen molar-refractivity contribution in [2.45, 2.75) is 57.0 Å². The van der Waals surface area contributed by atoms with Crippen LogP contribution in [-0.4, -0.2) is 27.8 Å². The van der Waals surface area contributed by atoms with Crippen LogP contribution in [0.1, 0.15) is 44.7 Å². The fraction of sp³-hybridized carbons (Fsp3) is 0.667. The van der Waals surface area contributed by atoms with Gasteiger partial charge in [-0.25, -0.2) is 0 Å². The fourth-order valence-electron chi connectivity index (χ4n) is 2.79. The van der Waals surface area contributed by atoms with E-state index in [9.17, 15) is 0 Å². The quantitative estimate of drug-likeness (QED) is 0.741. The van der Waals surface area contributed by atoms with Crippen LogP contribution in [-0.2, 0) is 6.54 Å². The maximum Gasteiger partial charge on any atom is 0.0544 e. The fourth-order valence-corrected chi connectivity index (χ4v) is 3.24. The lowest BCUT2D eigenvalue weighted by Crippen LogP contribution is -2.36. The minimum Gasteiger partial charge on any atom is -0.295 e. The van der Waals surface area contributed by atoms with Crippen molar-refractivity contribution in [3.8, 4) is 0 Å². The Balaban J connectivity index is 2.02. The first-order valence-corrected chi connectivity index (χ1v) is 8.36. The molecule has 0 amide bonds. The first-order chi connectivity index (χ1) is 9.15. The van der Waals surface area contributed by atoms with Crippen molar-refractivity contribution in [2.75, 3.05) is 6.54 Å². The van der Waals surface area contributed by atoms with E-state index in [1.807, 2.05) is 6.20 Å². The molecule has 106 valence electrons. The Labute approximate surface area is 129 Å². The van der Waals surface area contributed by atoms with E-state index in [-0.39, 0.29) is 5.38 Å². The number of pyridine rings is 1. The predicted octanol–water partition coefficient (Wildman–Crippen LogP) is 4.61. The number of nitrogens with zero attached hydrogens (tertiary/aromatic N) is 2. The van der Waals surface area contributed by atoms with E-state index < -0.39 is 0 Å². The van der Waals surface area contributed by atoms with E-state index >= 15 is 0 Å². The molecule has 2 heterocycles. The van der Waals surface area contributed by atoms with Gasteiger partial charge in [0.2, 0.25) is 0 Å². The van der Waals surface area contributed by atoms with Gasteiger partial charge < -0.3 is 0 Å². The average molecular weight is 346 g/mol. The van der Waals surface area contributed by atoms with Crippen molar-refractivity contribution >= 4 is 27.5 Å². The Morgan fingerprint density at radius 3 is 2.95 bits per heavy atom. The highest BCUT2D eigenvalue weighted by molar-refractivity contribution is 9.10. The molecule has 0 bridgehead atoms.